The lowest BCUT2D eigenvalue weighted by Gasteiger charge is -2.16. The second-order valence-corrected chi connectivity index (χ2v) is 5.77. The van der Waals surface area contributed by atoms with Crippen molar-refractivity contribution in [1.29, 1.82) is 0 Å². The number of para-hydroxylation sites is 1. The monoisotopic (exact) mass is 314 g/mol. The number of ether oxygens (including phenoxy) is 1. The van der Waals surface area contributed by atoms with Crippen LogP contribution >= 0.6 is 0 Å². The van der Waals surface area contributed by atoms with Gasteiger partial charge in [-0.1, -0.05) is 18.2 Å². The molecular formula is C17H22N4O2. The molecule has 1 saturated heterocycles. The standard InChI is InChI=1S/C17H22N4O2/c1-14(22)18-17-8-10-21(19-17)15-7-9-20(13-15)11-12-23-16-5-3-2-4-6-16/h2-6,8,10,15H,7,9,11-13H2,1H3,(H,18,19,22)/t15-/m1/s1. The Hall–Kier alpha value is -2.34. The first kappa shape index (κ1) is 15.6. The predicted octanol–water partition coefficient (Wildman–Crippen LogP) is 2.17. The largest absolute Gasteiger partial charge is 0.492 e. The number of amides is 1. The molecule has 0 bridgehead atoms. The van der Waals surface area contributed by atoms with Gasteiger partial charge < -0.3 is 10.1 Å². The average molecular weight is 314 g/mol. The summed E-state index contributed by atoms with van der Waals surface area (Å²) in [4.78, 5) is 13.4. The molecule has 1 N–H and O–H groups in total. The molecule has 2 aromatic rings. The van der Waals surface area contributed by atoms with Crippen LogP contribution in [0.3, 0.4) is 0 Å². The van der Waals surface area contributed by atoms with Crippen LogP contribution in [0.5, 0.6) is 5.75 Å². The van der Waals surface area contributed by atoms with E-state index in [1.807, 2.05) is 47.3 Å². The number of rotatable bonds is 6. The van der Waals surface area contributed by atoms with Crippen LogP contribution in [0.2, 0.25) is 0 Å². The summed E-state index contributed by atoms with van der Waals surface area (Å²) < 4.78 is 7.69. The maximum Gasteiger partial charge on any atom is 0.222 e. The van der Waals surface area contributed by atoms with Gasteiger partial charge in [0, 0.05) is 38.8 Å². The number of nitrogens with zero attached hydrogens (tertiary/aromatic N) is 3. The highest BCUT2D eigenvalue weighted by Crippen LogP contribution is 2.21. The molecule has 0 spiro atoms. The van der Waals surface area contributed by atoms with E-state index in [1.165, 1.54) is 6.92 Å². The van der Waals surface area contributed by atoms with Crippen molar-refractivity contribution >= 4 is 11.7 Å². The maximum absolute atomic E-state index is 11.0. The number of carbonyl (C=O) groups excluding carboxylic acids is 1. The third-order valence-electron chi connectivity index (χ3n) is 3.95. The van der Waals surface area contributed by atoms with Crippen LogP contribution in [0.15, 0.2) is 42.6 Å². The van der Waals surface area contributed by atoms with Gasteiger partial charge in [0.15, 0.2) is 5.82 Å². The second kappa shape index (κ2) is 7.28. The van der Waals surface area contributed by atoms with E-state index >= 15 is 0 Å². The third kappa shape index (κ3) is 4.32. The number of hydrogen-bond acceptors (Lipinski definition) is 4. The van der Waals surface area contributed by atoms with Crippen molar-refractivity contribution in [2.45, 2.75) is 19.4 Å². The molecule has 1 aliphatic rings. The second-order valence-electron chi connectivity index (χ2n) is 5.77. The topological polar surface area (TPSA) is 59.4 Å². The summed E-state index contributed by atoms with van der Waals surface area (Å²) in [5, 5.41) is 7.13. The molecule has 6 heteroatoms. The normalized spacial score (nSPS) is 18.0. The van der Waals surface area contributed by atoms with Crippen molar-refractivity contribution in [2.24, 2.45) is 0 Å². The lowest BCUT2D eigenvalue weighted by Crippen LogP contribution is -2.26. The third-order valence-corrected chi connectivity index (χ3v) is 3.95. The Balaban J connectivity index is 1.45. The van der Waals surface area contributed by atoms with E-state index in [9.17, 15) is 4.79 Å². The van der Waals surface area contributed by atoms with Crippen LogP contribution in [-0.2, 0) is 4.79 Å². The molecule has 1 atom stereocenters. The van der Waals surface area contributed by atoms with Crippen LogP contribution < -0.4 is 10.1 Å². The molecule has 0 unspecified atom stereocenters. The van der Waals surface area contributed by atoms with Gasteiger partial charge in [-0.25, -0.2) is 0 Å². The van der Waals surface area contributed by atoms with Crippen molar-refractivity contribution in [3.05, 3.63) is 42.6 Å². The van der Waals surface area contributed by atoms with E-state index < -0.39 is 0 Å². The lowest BCUT2D eigenvalue weighted by molar-refractivity contribution is -0.114. The zero-order valence-electron chi connectivity index (χ0n) is 13.3. The SMILES string of the molecule is CC(=O)Nc1ccn([C@@H]2CCN(CCOc3ccccc3)C2)n1. The zero-order valence-corrected chi connectivity index (χ0v) is 13.3. The predicted molar refractivity (Wildman–Crippen MR) is 88.6 cm³/mol. The van der Waals surface area contributed by atoms with Crippen LogP contribution in [-0.4, -0.2) is 46.8 Å². The Morgan fingerprint density at radius 1 is 1.35 bits per heavy atom. The van der Waals surface area contributed by atoms with E-state index in [-0.39, 0.29) is 5.91 Å². The first-order chi connectivity index (χ1) is 11.2. The number of benzene rings is 1. The molecule has 1 fully saturated rings. The molecule has 1 aromatic carbocycles. The quantitative estimate of drug-likeness (QED) is 0.888. The highest BCUT2D eigenvalue weighted by molar-refractivity contribution is 5.87. The van der Waals surface area contributed by atoms with Crippen molar-refractivity contribution in [1.82, 2.24) is 14.7 Å². The minimum Gasteiger partial charge on any atom is -0.492 e. The molecule has 2 heterocycles. The Kier molecular flexibility index (Phi) is 4.92. The Morgan fingerprint density at radius 3 is 2.96 bits per heavy atom. The summed E-state index contributed by atoms with van der Waals surface area (Å²) >= 11 is 0. The van der Waals surface area contributed by atoms with E-state index in [0.717, 1.165) is 31.8 Å². The molecule has 1 aromatic heterocycles. The molecule has 122 valence electrons. The Labute approximate surface area is 136 Å². The fraction of sp³-hybridized carbons (Fsp3) is 0.412. The highest BCUT2D eigenvalue weighted by Gasteiger charge is 2.24. The summed E-state index contributed by atoms with van der Waals surface area (Å²) in [6, 6.07) is 12.1. The molecule has 1 amide bonds. The van der Waals surface area contributed by atoms with Gasteiger partial charge in [0.05, 0.1) is 6.04 Å². The molecule has 23 heavy (non-hydrogen) atoms. The number of aromatic nitrogens is 2. The molecule has 6 nitrogen and oxygen atoms in total. The summed E-state index contributed by atoms with van der Waals surface area (Å²) in [5.41, 5.74) is 0. The van der Waals surface area contributed by atoms with Crippen molar-refractivity contribution in [3.63, 3.8) is 0 Å². The Morgan fingerprint density at radius 2 is 2.17 bits per heavy atom. The lowest BCUT2D eigenvalue weighted by atomic mass is 10.3. The van der Waals surface area contributed by atoms with Gasteiger partial charge in [-0.15, -0.1) is 0 Å². The summed E-state index contributed by atoms with van der Waals surface area (Å²) in [7, 11) is 0. The first-order valence-electron chi connectivity index (χ1n) is 7.93. The summed E-state index contributed by atoms with van der Waals surface area (Å²) in [5.74, 6) is 1.43. The fourth-order valence-electron chi connectivity index (χ4n) is 2.83. The molecule has 3 rings (SSSR count). The molecule has 0 aliphatic carbocycles. The summed E-state index contributed by atoms with van der Waals surface area (Å²) in [6.45, 7) is 5.08. The number of likely N-dealkylation sites (tertiary alicyclic amines) is 1. The van der Waals surface area contributed by atoms with E-state index in [0.29, 0.717) is 18.5 Å². The number of hydrogen-bond donors (Lipinski definition) is 1. The van der Waals surface area contributed by atoms with E-state index in [4.69, 9.17) is 4.74 Å². The number of nitrogens with one attached hydrogen (secondary N) is 1. The smallest absolute Gasteiger partial charge is 0.222 e. The number of carbonyl (C=O) groups is 1. The zero-order chi connectivity index (χ0) is 16.1. The van der Waals surface area contributed by atoms with Gasteiger partial charge in [-0.2, -0.15) is 5.10 Å². The van der Waals surface area contributed by atoms with E-state index in [2.05, 4.69) is 15.3 Å². The number of anilines is 1. The summed E-state index contributed by atoms with van der Waals surface area (Å²) in [6.07, 6.45) is 2.99. The molecule has 0 saturated carbocycles. The molecular weight excluding hydrogens is 292 g/mol. The minimum atomic E-state index is -0.0960. The van der Waals surface area contributed by atoms with Crippen LogP contribution in [0.1, 0.15) is 19.4 Å². The van der Waals surface area contributed by atoms with Crippen molar-refractivity contribution in [2.75, 3.05) is 31.6 Å². The van der Waals surface area contributed by atoms with Crippen LogP contribution in [0.4, 0.5) is 5.82 Å². The van der Waals surface area contributed by atoms with E-state index in [1.54, 1.807) is 0 Å². The van der Waals surface area contributed by atoms with Crippen molar-refractivity contribution < 1.29 is 9.53 Å². The van der Waals surface area contributed by atoms with Crippen molar-refractivity contribution in [3.8, 4) is 5.75 Å². The van der Waals surface area contributed by atoms with Crippen LogP contribution in [0.25, 0.3) is 0 Å². The fourth-order valence-corrected chi connectivity index (χ4v) is 2.83. The minimum absolute atomic E-state index is 0.0960. The van der Waals surface area contributed by atoms with Gasteiger partial charge in [-0.3, -0.25) is 14.4 Å². The average Bonchev–Trinajstić information content (AvgIpc) is 3.17. The van der Waals surface area contributed by atoms with Gasteiger partial charge in [-0.05, 0) is 18.6 Å². The Bertz CT molecular complexity index is 641. The van der Waals surface area contributed by atoms with Crippen LogP contribution in [0, 0.1) is 0 Å². The molecule has 1 aliphatic heterocycles. The van der Waals surface area contributed by atoms with Gasteiger partial charge in [0.2, 0.25) is 5.91 Å². The van der Waals surface area contributed by atoms with Gasteiger partial charge >= 0.3 is 0 Å². The first-order valence-corrected chi connectivity index (χ1v) is 7.93. The van der Waals surface area contributed by atoms with Gasteiger partial charge in [0.25, 0.3) is 0 Å². The molecule has 0 radical (unpaired) electrons. The maximum atomic E-state index is 11.0. The highest BCUT2D eigenvalue weighted by atomic mass is 16.5. The van der Waals surface area contributed by atoms with Gasteiger partial charge in [0.1, 0.15) is 12.4 Å².